The van der Waals surface area contributed by atoms with E-state index in [9.17, 15) is 4.21 Å². The van der Waals surface area contributed by atoms with Crippen LogP contribution in [0.15, 0.2) is 40.4 Å². The first-order valence-corrected chi connectivity index (χ1v) is 5.28. The van der Waals surface area contributed by atoms with E-state index in [4.69, 9.17) is 0 Å². The Morgan fingerprint density at radius 1 is 1.29 bits per heavy atom. The molecule has 1 aromatic carbocycles. The first kappa shape index (κ1) is 9.08. The quantitative estimate of drug-likeness (QED) is 0.807. The molecule has 0 fully saturated rings. The van der Waals surface area contributed by atoms with Crippen LogP contribution in [0.2, 0.25) is 0 Å². The molecule has 0 saturated carbocycles. The maximum atomic E-state index is 11.8. The van der Waals surface area contributed by atoms with Crippen LogP contribution in [0.25, 0.3) is 0 Å². The predicted molar refractivity (Wildman–Crippen MR) is 52.2 cm³/mol. The highest BCUT2D eigenvalue weighted by Gasteiger charge is 2.10. The van der Waals surface area contributed by atoms with Gasteiger partial charge in [0.05, 0.1) is 0 Å². The Balaban J connectivity index is 2.34. The smallest absolute Gasteiger partial charge is 0.243 e. The van der Waals surface area contributed by atoms with Crippen LogP contribution in [0.3, 0.4) is 0 Å². The van der Waals surface area contributed by atoms with E-state index in [-0.39, 0.29) is 0 Å². The van der Waals surface area contributed by atoms with E-state index in [1.807, 2.05) is 18.2 Å². The normalized spacial score (nSPS) is 12.6. The van der Waals surface area contributed by atoms with E-state index in [0.29, 0.717) is 15.9 Å². The van der Waals surface area contributed by atoms with Crippen LogP contribution in [-0.4, -0.2) is 19.4 Å². The van der Waals surface area contributed by atoms with Gasteiger partial charge in [0.2, 0.25) is 5.16 Å². The molecule has 0 spiro atoms. The van der Waals surface area contributed by atoms with Gasteiger partial charge in [0.1, 0.15) is 16.6 Å². The Morgan fingerprint density at radius 3 is 2.57 bits per heavy atom. The molecule has 1 N–H and O–H groups in total. The van der Waals surface area contributed by atoms with Crippen LogP contribution in [0.1, 0.15) is 5.82 Å². The van der Waals surface area contributed by atoms with Gasteiger partial charge in [0.15, 0.2) is 0 Å². The fraction of sp³-hybridized carbons (Fsp3) is 0.111. The Bertz CT molecular complexity index is 452. The van der Waals surface area contributed by atoms with Crippen molar-refractivity contribution in [2.24, 2.45) is 0 Å². The minimum atomic E-state index is -1.28. The van der Waals surface area contributed by atoms with Gasteiger partial charge in [-0.15, -0.1) is 5.10 Å². The Morgan fingerprint density at radius 2 is 2.00 bits per heavy atom. The third-order valence-corrected chi connectivity index (χ3v) is 2.91. The van der Waals surface area contributed by atoms with Gasteiger partial charge in [0.25, 0.3) is 0 Å². The van der Waals surface area contributed by atoms with E-state index in [0.717, 1.165) is 0 Å². The number of aromatic amines is 1. The third kappa shape index (κ3) is 1.72. The van der Waals surface area contributed by atoms with Crippen molar-refractivity contribution in [3.05, 3.63) is 36.2 Å². The second-order valence-corrected chi connectivity index (χ2v) is 4.16. The summed E-state index contributed by atoms with van der Waals surface area (Å²) in [6.07, 6.45) is 0. The van der Waals surface area contributed by atoms with Crippen LogP contribution < -0.4 is 0 Å². The highest BCUT2D eigenvalue weighted by Crippen LogP contribution is 2.11. The van der Waals surface area contributed by atoms with Crippen LogP contribution in [-0.2, 0) is 10.8 Å². The summed E-state index contributed by atoms with van der Waals surface area (Å²) in [6.45, 7) is 1.78. The SMILES string of the molecule is Cc1nc(S(=O)c2ccccc2)n[nH]1. The summed E-state index contributed by atoms with van der Waals surface area (Å²) >= 11 is 0. The topological polar surface area (TPSA) is 58.6 Å². The van der Waals surface area contributed by atoms with E-state index in [2.05, 4.69) is 15.2 Å². The van der Waals surface area contributed by atoms with Crippen molar-refractivity contribution < 1.29 is 4.21 Å². The van der Waals surface area contributed by atoms with Crippen LogP contribution in [0.4, 0.5) is 0 Å². The fourth-order valence-electron chi connectivity index (χ4n) is 1.05. The van der Waals surface area contributed by atoms with Crippen molar-refractivity contribution in [1.82, 2.24) is 15.2 Å². The Hall–Kier alpha value is -1.49. The fourth-order valence-corrected chi connectivity index (χ4v) is 2.02. The predicted octanol–water partition coefficient (Wildman–Crippen LogP) is 1.28. The van der Waals surface area contributed by atoms with Gasteiger partial charge in [-0.05, 0) is 19.1 Å². The molecule has 0 aliphatic carbocycles. The summed E-state index contributed by atoms with van der Waals surface area (Å²) < 4.78 is 11.8. The second kappa shape index (κ2) is 3.71. The van der Waals surface area contributed by atoms with Crippen molar-refractivity contribution in [1.29, 1.82) is 0 Å². The molecule has 0 aliphatic rings. The lowest BCUT2D eigenvalue weighted by Crippen LogP contribution is -1.94. The Kier molecular flexibility index (Phi) is 2.41. The second-order valence-electron chi connectivity index (χ2n) is 2.79. The molecule has 72 valence electrons. The van der Waals surface area contributed by atoms with Gasteiger partial charge in [-0.3, -0.25) is 5.10 Å². The molecular formula is C9H9N3OS. The van der Waals surface area contributed by atoms with E-state index < -0.39 is 10.8 Å². The van der Waals surface area contributed by atoms with Crippen LogP contribution in [0.5, 0.6) is 0 Å². The molecule has 1 atom stereocenters. The largest absolute Gasteiger partial charge is 0.262 e. The van der Waals surface area contributed by atoms with Crippen molar-refractivity contribution >= 4 is 10.8 Å². The van der Waals surface area contributed by atoms with Gasteiger partial charge >= 0.3 is 0 Å². The lowest BCUT2D eigenvalue weighted by molar-refractivity contribution is 0.676. The van der Waals surface area contributed by atoms with Crippen molar-refractivity contribution in [3.63, 3.8) is 0 Å². The molecule has 1 aromatic heterocycles. The minimum Gasteiger partial charge on any atom is -0.262 e. The molecule has 0 aliphatic heterocycles. The summed E-state index contributed by atoms with van der Waals surface area (Å²) in [6, 6.07) is 9.15. The zero-order valence-corrected chi connectivity index (χ0v) is 8.41. The maximum Gasteiger partial charge on any atom is 0.243 e. The molecule has 0 bridgehead atoms. The summed E-state index contributed by atoms with van der Waals surface area (Å²) in [5.41, 5.74) is 0. The Labute approximate surface area is 83.8 Å². The average molecular weight is 207 g/mol. The first-order chi connectivity index (χ1) is 6.77. The molecule has 5 heteroatoms. The van der Waals surface area contributed by atoms with Gasteiger partial charge in [-0.1, -0.05) is 18.2 Å². The molecule has 4 nitrogen and oxygen atoms in total. The zero-order chi connectivity index (χ0) is 9.97. The molecule has 1 heterocycles. The summed E-state index contributed by atoms with van der Waals surface area (Å²) in [5.74, 6) is 0.671. The average Bonchev–Trinajstić information content (AvgIpc) is 2.65. The van der Waals surface area contributed by atoms with Crippen LogP contribution >= 0.6 is 0 Å². The zero-order valence-electron chi connectivity index (χ0n) is 7.60. The van der Waals surface area contributed by atoms with Crippen LogP contribution in [0, 0.1) is 6.92 Å². The summed E-state index contributed by atoms with van der Waals surface area (Å²) in [4.78, 5) is 4.73. The van der Waals surface area contributed by atoms with Gasteiger partial charge in [-0.25, -0.2) is 9.19 Å². The van der Waals surface area contributed by atoms with E-state index >= 15 is 0 Å². The van der Waals surface area contributed by atoms with E-state index in [1.165, 1.54) is 0 Å². The standard InChI is InChI=1S/C9H9N3OS/c1-7-10-9(12-11-7)14(13)8-5-3-2-4-6-8/h2-6H,1H3,(H,10,11,12). The van der Waals surface area contributed by atoms with Crippen molar-refractivity contribution in [2.75, 3.05) is 0 Å². The lowest BCUT2D eigenvalue weighted by atomic mass is 10.4. The van der Waals surface area contributed by atoms with Crippen molar-refractivity contribution in [2.45, 2.75) is 17.0 Å². The number of nitrogens with one attached hydrogen (secondary N) is 1. The molecule has 2 aromatic rings. The number of rotatable bonds is 2. The number of hydrogen-bond acceptors (Lipinski definition) is 3. The molecule has 2 rings (SSSR count). The highest BCUT2D eigenvalue weighted by atomic mass is 32.2. The maximum absolute atomic E-state index is 11.8. The first-order valence-electron chi connectivity index (χ1n) is 4.13. The number of aromatic nitrogens is 3. The third-order valence-electron chi connectivity index (χ3n) is 1.70. The van der Waals surface area contributed by atoms with Crippen molar-refractivity contribution in [3.8, 4) is 0 Å². The molecule has 0 saturated heterocycles. The lowest BCUT2D eigenvalue weighted by Gasteiger charge is -1.94. The molecular weight excluding hydrogens is 198 g/mol. The monoisotopic (exact) mass is 207 g/mol. The molecule has 14 heavy (non-hydrogen) atoms. The molecule has 1 unspecified atom stereocenters. The number of aryl methyl sites for hydroxylation is 1. The van der Waals surface area contributed by atoms with E-state index in [1.54, 1.807) is 19.1 Å². The molecule has 0 radical (unpaired) electrons. The summed E-state index contributed by atoms with van der Waals surface area (Å²) in [5, 5.41) is 6.85. The minimum absolute atomic E-state index is 0.328. The van der Waals surface area contributed by atoms with Gasteiger partial charge < -0.3 is 0 Å². The van der Waals surface area contributed by atoms with Gasteiger partial charge in [0, 0.05) is 4.90 Å². The molecule has 0 amide bonds. The number of H-pyrrole nitrogens is 1. The number of benzene rings is 1. The van der Waals surface area contributed by atoms with Gasteiger partial charge in [-0.2, -0.15) is 0 Å². The summed E-state index contributed by atoms with van der Waals surface area (Å²) in [7, 11) is -1.28. The number of hydrogen-bond donors (Lipinski definition) is 1. The highest BCUT2D eigenvalue weighted by molar-refractivity contribution is 7.84. The number of nitrogens with zero attached hydrogens (tertiary/aromatic N) is 2.